The maximum atomic E-state index is 2.60. The van der Waals surface area contributed by atoms with Gasteiger partial charge in [-0.05, 0) is 93.3 Å². The molecule has 0 atom stereocenters. The first-order chi connectivity index (χ1) is 26.3. The highest BCUT2D eigenvalue weighted by Crippen LogP contribution is 2.44. The van der Waals surface area contributed by atoms with E-state index in [9.17, 15) is 0 Å². The average Bonchev–Trinajstić information content (AvgIpc) is 3.23. The normalized spacial score (nSPS) is 12.5. The third-order valence-corrected chi connectivity index (χ3v) is 11.7. The summed E-state index contributed by atoms with van der Waals surface area (Å²) in [6, 6.07) is 73.0. The van der Waals surface area contributed by atoms with E-state index in [1.807, 2.05) is 11.8 Å². The Morgan fingerprint density at radius 3 is 1.70 bits per heavy atom. The Labute approximate surface area is 316 Å². The zero-order chi connectivity index (χ0) is 35.1. The van der Waals surface area contributed by atoms with E-state index in [2.05, 4.69) is 210 Å². The molecule has 2 heterocycles. The number of rotatable bonds is 7. The van der Waals surface area contributed by atoms with Crippen LogP contribution in [0.15, 0.2) is 210 Å². The minimum atomic E-state index is 0.138. The molecule has 0 amide bonds. The molecule has 0 aliphatic carbocycles. The minimum absolute atomic E-state index is 0.138. The Bertz CT molecular complexity index is 2540. The van der Waals surface area contributed by atoms with E-state index in [-0.39, 0.29) is 6.71 Å². The van der Waals surface area contributed by atoms with Gasteiger partial charge in [-0.2, -0.15) is 0 Å². The Morgan fingerprint density at radius 2 is 1.00 bits per heavy atom. The summed E-state index contributed by atoms with van der Waals surface area (Å²) in [5.41, 5.74) is 16.2. The summed E-state index contributed by atoms with van der Waals surface area (Å²) in [5.74, 6) is 0. The Balaban J connectivity index is 1.21. The van der Waals surface area contributed by atoms with Gasteiger partial charge in [0.1, 0.15) is 0 Å². The van der Waals surface area contributed by atoms with E-state index in [1.54, 1.807) is 0 Å². The van der Waals surface area contributed by atoms with Gasteiger partial charge in [-0.1, -0.05) is 163 Å². The molecule has 250 valence electrons. The van der Waals surface area contributed by atoms with E-state index in [0.717, 1.165) is 11.4 Å². The molecule has 8 aromatic carbocycles. The van der Waals surface area contributed by atoms with Gasteiger partial charge in [0.2, 0.25) is 6.71 Å². The highest BCUT2D eigenvalue weighted by Gasteiger charge is 2.41. The molecule has 2 aliphatic rings. The van der Waals surface area contributed by atoms with Crippen molar-refractivity contribution >= 4 is 63.3 Å². The summed E-state index contributed by atoms with van der Waals surface area (Å²) >= 11 is 1.91. The van der Waals surface area contributed by atoms with Gasteiger partial charge in [-0.25, -0.2) is 0 Å². The minimum Gasteiger partial charge on any atom is -0.338 e. The van der Waals surface area contributed by atoms with Crippen molar-refractivity contribution in [3.63, 3.8) is 0 Å². The fourth-order valence-corrected chi connectivity index (χ4v) is 9.37. The second-order valence-electron chi connectivity index (χ2n) is 13.7. The molecule has 0 spiro atoms. The van der Waals surface area contributed by atoms with Gasteiger partial charge in [-0.3, -0.25) is 0 Å². The van der Waals surface area contributed by atoms with Crippen LogP contribution in [0.5, 0.6) is 0 Å². The lowest BCUT2D eigenvalue weighted by Gasteiger charge is -2.41. The monoisotopic (exact) mass is 694 g/mol. The molecule has 2 aliphatic heterocycles. The van der Waals surface area contributed by atoms with Crippen LogP contribution >= 0.6 is 11.8 Å². The van der Waals surface area contributed by atoms with E-state index in [0.29, 0.717) is 6.54 Å². The first-order valence-corrected chi connectivity index (χ1v) is 19.1. The van der Waals surface area contributed by atoms with E-state index in [1.165, 1.54) is 71.1 Å². The van der Waals surface area contributed by atoms with Crippen molar-refractivity contribution in [2.45, 2.75) is 16.3 Å². The lowest BCUT2D eigenvalue weighted by Crippen LogP contribution is -2.60. The van der Waals surface area contributed by atoms with Gasteiger partial charge < -0.3 is 9.80 Å². The van der Waals surface area contributed by atoms with Gasteiger partial charge in [0, 0.05) is 32.5 Å². The van der Waals surface area contributed by atoms with Crippen LogP contribution in [-0.2, 0) is 6.54 Å². The van der Waals surface area contributed by atoms with Crippen LogP contribution in [0.4, 0.5) is 28.4 Å². The second-order valence-corrected chi connectivity index (χ2v) is 14.8. The van der Waals surface area contributed by atoms with Gasteiger partial charge in [0.05, 0.1) is 12.2 Å². The number of fused-ring (bicyclic) bond motifs is 4. The average molecular weight is 695 g/mol. The van der Waals surface area contributed by atoms with Crippen molar-refractivity contribution in [3.05, 3.63) is 206 Å². The van der Waals surface area contributed by atoms with Crippen LogP contribution < -0.4 is 26.2 Å². The molecule has 8 aromatic rings. The zero-order valence-corrected chi connectivity index (χ0v) is 30.0. The molecule has 0 aromatic heterocycles. The fourth-order valence-electron chi connectivity index (χ4n) is 8.16. The lowest BCUT2D eigenvalue weighted by molar-refractivity contribution is 0.972. The predicted octanol–water partition coefficient (Wildman–Crippen LogP) is 11.1. The van der Waals surface area contributed by atoms with Crippen molar-refractivity contribution in [1.29, 1.82) is 0 Å². The van der Waals surface area contributed by atoms with Crippen molar-refractivity contribution in [1.82, 2.24) is 0 Å². The molecular formula is C49H35BN2S. The van der Waals surface area contributed by atoms with E-state index in [4.69, 9.17) is 0 Å². The van der Waals surface area contributed by atoms with Crippen LogP contribution in [0, 0.1) is 0 Å². The number of hydrogen-bond acceptors (Lipinski definition) is 3. The molecular weight excluding hydrogens is 659 g/mol. The summed E-state index contributed by atoms with van der Waals surface area (Å²) in [6.45, 7) is 0.833. The molecule has 4 heteroatoms. The number of hydrogen-bond donors (Lipinski definition) is 0. The quantitative estimate of drug-likeness (QED) is 0.153. The fraction of sp³-hybridized carbons (Fsp3) is 0.0204. The maximum absolute atomic E-state index is 2.60. The molecule has 0 saturated carbocycles. The molecule has 0 fully saturated rings. The summed E-state index contributed by atoms with van der Waals surface area (Å²) < 4.78 is 0. The molecule has 0 N–H and O–H groups in total. The molecule has 10 rings (SSSR count). The smallest absolute Gasteiger partial charge is 0.249 e. The Morgan fingerprint density at radius 1 is 0.434 bits per heavy atom. The molecule has 0 saturated heterocycles. The first-order valence-electron chi connectivity index (χ1n) is 18.3. The largest absolute Gasteiger partial charge is 0.338 e. The summed E-state index contributed by atoms with van der Waals surface area (Å²) in [4.78, 5) is 7.66. The van der Waals surface area contributed by atoms with Crippen LogP contribution in [-0.4, -0.2) is 6.71 Å². The van der Waals surface area contributed by atoms with Crippen LogP contribution in [0.1, 0.15) is 5.56 Å². The van der Waals surface area contributed by atoms with E-state index < -0.39 is 0 Å². The van der Waals surface area contributed by atoms with E-state index >= 15 is 0 Å². The van der Waals surface area contributed by atoms with Crippen molar-refractivity contribution < 1.29 is 0 Å². The van der Waals surface area contributed by atoms with Crippen LogP contribution in [0.25, 0.3) is 22.3 Å². The highest BCUT2D eigenvalue weighted by molar-refractivity contribution is 8.00. The molecule has 2 nitrogen and oxygen atoms in total. The standard InChI is InChI=1S/C49H35BN2S/c1-5-17-35(18-6-1)37-29-30-42-45(31-37)51(34-38-21-13-15-27-44(38)52(40-22-9-3-10-23-40)41-24-11-4-12-25-41)46-32-39(36-19-7-2-8-20-36)33-48-49(46)50(42)43-26-14-16-28-47(43)53-48/h1-33H,34H2. The molecule has 0 bridgehead atoms. The number of nitrogens with zero attached hydrogens (tertiary/aromatic N) is 2. The number of para-hydroxylation sites is 3. The second kappa shape index (κ2) is 13.4. The lowest BCUT2D eigenvalue weighted by atomic mass is 9.35. The van der Waals surface area contributed by atoms with Gasteiger partial charge in [-0.15, -0.1) is 0 Å². The van der Waals surface area contributed by atoms with Crippen molar-refractivity contribution in [3.8, 4) is 22.3 Å². The number of anilines is 5. The van der Waals surface area contributed by atoms with Gasteiger partial charge >= 0.3 is 0 Å². The Kier molecular flexibility index (Phi) is 7.96. The summed E-state index contributed by atoms with van der Waals surface area (Å²) in [7, 11) is 0. The molecule has 53 heavy (non-hydrogen) atoms. The third-order valence-electron chi connectivity index (χ3n) is 10.6. The van der Waals surface area contributed by atoms with Crippen molar-refractivity contribution in [2.75, 3.05) is 9.80 Å². The van der Waals surface area contributed by atoms with Gasteiger partial charge in [0.25, 0.3) is 0 Å². The SMILES string of the molecule is c1ccc(-c2ccc3c(c2)N(Cc2ccccc2N(c2ccccc2)c2ccccc2)c2cc(-c4ccccc4)cc4c2B3c2ccccc2S4)cc1. The summed E-state index contributed by atoms with van der Waals surface area (Å²) in [5, 5.41) is 0. The highest BCUT2D eigenvalue weighted by atomic mass is 32.2. The van der Waals surface area contributed by atoms with Crippen LogP contribution in [0.3, 0.4) is 0 Å². The summed E-state index contributed by atoms with van der Waals surface area (Å²) in [6.07, 6.45) is 0. The number of benzene rings is 8. The van der Waals surface area contributed by atoms with Crippen molar-refractivity contribution in [2.24, 2.45) is 0 Å². The third kappa shape index (κ3) is 5.63. The van der Waals surface area contributed by atoms with Crippen LogP contribution in [0.2, 0.25) is 0 Å². The Hall–Kier alpha value is -6.23. The topological polar surface area (TPSA) is 6.48 Å². The zero-order valence-electron chi connectivity index (χ0n) is 29.1. The predicted molar refractivity (Wildman–Crippen MR) is 226 cm³/mol. The maximum Gasteiger partial charge on any atom is 0.249 e. The first kappa shape index (κ1) is 31.5. The van der Waals surface area contributed by atoms with Gasteiger partial charge in [0.15, 0.2) is 0 Å². The molecule has 0 radical (unpaired) electrons. The molecule has 0 unspecified atom stereocenters.